The van der Waals surface area contributed by atoms with Crippen LogP contribution in [0.1, 0.15) is 11.1 Å². The third-order valence-corrected chi connectivity index (χ3v) is 2.31. The molecule has 0 aliphatic carbocycles. The highest BCUT2D eigenvalue weighted by Crippen LogP contribution is 2.22. The van der Waals surface area contributed by atoms with Crippen LogP contribution in [0.4, 0.5) is 15.3 Å². The van der Waals surface area contributed by atoms with Gasteiger partial charge in [0.05, 0.1) is 6.54 Å². The third kappa shape index (κ3) is 2.77. The van der Waals surface area contributed by atoms with Gasteiger partial charge in [-0.25, -0.2) is 14.5 Å². The first-order valence-corrected chi connectivity index (χ1v) is 4.62. The van der Waals surface area contributed by atoms with Crippen LogP contribution in [0.5, 0.6) is 0 Å². The number of benzene rings is 1. The van der Waals surface area contributed by atoms with Crippen molar-refractivity contribution >= 4 is 17.9 Å². The van der Waals surface area contributed by atoms with E-state index in [1.165, 1.54) is 12.1 Å². The van der Waals surface area contributed by atoms with Crippen molar-refractivity contribution in [3.05, 3.63) is 34.2 Å². The van der Waals surface area contributed by atoms with E-state index in [9.17, 15) is 14.5 Å². The maximum absolute atomic E-state index is 10.7. The minimum atomic E-state index is -1.57. The molecular weight excluding hydrogens is 228 g/mol. The molecule has 2 amide bonds. The Bertz CT molecular complexity index is 458. The quantitative estimate of drug-likeness (QED) is 0.786. The molecule has 0 saturated carbocycles. The van der Waals surface area contributed by atoms with E-state index >= 15 is 0 Å². The Balaban J connectivity index is 3.05. The lowest BCUT2D eigenvalue weighted by Gasteiger charge is -2.15. The van der Waals surface area contributed by atoms with Gasteiger partial charge in [-0.05, 0) is 29.3 Å². The molecule has 7 nitrogen and oxygen atoms in total. The average Bonchev–Trinajstić information content (AvgIpc) is 2.26. The summed E-state index contributed by atoms with van der Waals surface area (Å²) in [7, 11) is 0. The third-order valence-electron chi connectivity index (χ3n) is 2.31. The molecule has 0 spiro atoms. The zero-order chi connectivity index (χ0) is 13.0. The van der Waals surface area contributed by atoms with Crippen LogP contribution in [-0.4, -0.2) is 27.3 Å². The smallest absolute Gasteiger partial charge is 0.417 e. The second-order valence-corrected chi connectivity index (χ2v) is 3.30. The van der Waals surface area contributed by atoms with Crippen molar-refractivity contribution in [2.75, 3.05) is 0 Å². The summed E-state index contributed by atoms with van der Waals surface area (Å²) in [6, 6.07) is 4.53. The van der Waals surface area contributed by atoms with Crippen molar-refractivity contribution in [3.63, 3.8) is 0 Å². The van der Waals surface area contributed by atoms with Crippen LogP contribution in [-0.2, 0) is 6.54 Å². The molecule has 0 saturated heterocycles. The van der Waals surface area contributed by atoms with E-state index in [2.05, 4.69) is 5.18 Å². The van der Waals surface area contributed by atoms with Crippen LogP contribution in [0, 0.1) is 11.8 Å². The Hall–Kier alpha value is -2.44. The van der Waals surface area contributed by atoms with Crippen LogP contribution in [0.25, 0.3) is 0 Å². The Morgan fingerprint density at radius 3 is 2.35 bits per heavy atom. The topological polar surface area (TPSA) is 107 Å². The second kappa shape index (κ2) is 5.06. The molecular formula is C10H10N2O5. The van der Waals surface area contributed by atoms with Gasteiger partial charge in [-0.15, -0.1) is 4.91 Å². The van der Waals surface area contributed by atoms with Crippen molar-refractivity contribution < 1.29 is 19.8 Å². The van der Waals surface area contributed by atoms with Gasteiger partial charge in [-0.3, -0.25) is 0 Å². The highest BCUT2D eigenvalue weighted by molar-refractivity contribution is 5.85. The molecule has 0 aliphatic rings. The van der Waals surface area contributed by atoms with Gasteiger partial charge in [0, 0.05) is 0 Å². The molecule has 0 unspecified atom stereocenters. The standard InChI is InChI=1S/C10H10N2O5/c1-6-7(3-2-4-8(6)11-17)5-12(9(13)14)10(15)16/h2-4H,5H2,1H3,(H,13,14)(H,15,16). The normalized spacial score (nSPS) is 9.71. The number of amides is 2. The summed E-state index contributed by atoms with van der Waals surface area (Å²) in [5, 5.41) is 20.1. The van der Waals surface area contributed by atoms with Crippen molar-refractivity contribution in [1.82, 2.24) is 4.90 Å². The van der Waals surface area contributed by atoms with Gasteiger partial charge in [-0.2, -0.15) is 0 Å². The van der Waals surface area contributed by atoms with Crippen molar-refractivity contribution in [3.8, 4) is 0 Å². The molecule has 1 rings (SSSR count). The van der Waals surface area contributed by atoms with E-state index in [4.69, 9.17) is 10.2 Å². The number of rotatable bonds is 3. The van der Waals surface area contributed by atoms with E-state index in [-0.39, 0.29) is 17.1 Å². The molecule has 0 fully saturated rings. The first kappa shape index (κ1) is 12.6. The van der Waals surface area contributed by atoms with Gasteiger partial charge in [0.1, 0.15) is 5.69 Å². The van der Waals surface area contributed by atoms with Gasteiger partial charge in [-0.1, -0.05) is 12.1 Å². The summed E-state index contributed by atoms with van der Waals surface area (Å²) in [6.07, 6.45) is -3.14. The zero-order valence-electron chi connectivity index (χ0n) is 8.95. The summed E-state index contributed by atoms with van der Waals surface area (Å²) >= 11 is 0. The van der Waals surface area contributed by atoms with Gasteiger partial charge in [0.2, 0.25) is 0 Å². The monoisotopic (exact) mass is 238 g/mol. The SMILES string of the molecule is Cc1c(CN(C(=O)O)C(=O)O)cccc1N=O. The number of hydrogen-bond acceptors (Lipinski definition) is 4. The van der Waals surface area contributed by atoms with Crippen LogP contribution in [0.15, 0.2) is 23.4 Å². The van der Waals surface area contributed by atoms with E-state index in [0.29, 0.717) is 11.1 Å². The summed E-state index contributed by atoms with van der Waals surface area (Å²) in [4.78, 5) is 32.0. The molecule has 0 bridgehead atoms. The van der Waals surface area contributed by atoms with Crippen molar-refractivity contribution in [2.45, 2.75) is 13.5 Å². The molecule has 7 heteroatoms. The van der Waals surface area contributed by atoms with Crippen LogP contribution in [0.3, 0.4) is 0 Å². The lowest BCUT2D eigenvalue weighted by atomic mass is 10.1. The maximum atomic E-state index is 10.7. The van der Waals surface area contributed by atoms with Gasteiger partial charge in [0.25, 0.3) is 0 Å². The minimum absolute atomic E-state index is 0.165. The maximum Gasteiger partial charge on any atom is 0.417 e. The van der Waals surface area contributed by atoms with E-state index in [0.717, 1.165) is 0 Å². The first-order valence-electron chi connectivity index (χ1n) is 4.62. The van der Waals surface area contributed by atoms with Crippen LogP contribution < -0.4 is 0 Å². The first-order chi connectivity index (χ1) is 7.97. The summed E-state index contributed by atoms with van der Waals surface area (Å²) in [6.45, 7) is 1.24. The molecule has 0 aromatic heterocycles. The molecule has 0 aliphatic heterocycles. The molecule has 17 heavy (non-hydrogen) atoms. The number of carbonyl (C=O) groups is 2. The Morgan fingerprint density at radius 1 is 1.29 bits per heavy atom. The number of imide groups is 1. The fourth-order valence-electron chi connectivity index (χ4n) is 1.33. The molecule has 0 atom stereocenters. The second-order valence-electron chi connectivity index (χ2n) is 3.30. The number of nitroso groups, excluding NO2 is 1. The summed E-state index contributed by atoms with van der Waals surface area (Å²) in [5.74, 6) is 0. The molecule has 0 heterocycles. The summed E-state index contributed by atoms with van der Waals surface area (Å²) < 4.78 is 0. The van der Waals surface area contributed by atoms with Crippen LogP contribution in [0.2, 0.25) is 0 Å². The molecule has 1 aromatic carbocycles. The van der Waals surface area contributed by atoms with Gasteiger partial charge in [0.15, 0.2) is 0 Å². The highest BCUT2D eigenvalue weighted by atomic mass is 16.4. The lowest BCUT2D eigenvalue weighted by Crippen LogP contribution is -2.34. The number of carboxylic acid groups (broad SMARTS) is 2. The number of hydrogen-bond donors (Lipinski definition) is 2. The van der Waals surface area contributed by atoms with Crippen LogP contribution >= 0.6 is 0 Å². The Kier molecular flexibility index (Phi) is 3.76. The van der Waals surface area contributed by atoms with E-state index < -0.39 is 12.2 Å². The summed E-state index contributed by atoms with van der Waals surface area (Å²) in [5.41, 5.74) is 1.06. The minimum Gasteiger partial charge on any atom is -0.465 e. The highest BCUT2D eigenvalue weighted by Gasteiger charge is 2.21. The molecule has 2 N–H and O–H groups in total. The number of nitrogens with zero attached hydrogens (tertiary/aromatic N) is 2. The molecule has 90 valence electrons. The van der Waals surface area contributed by atoms with Crippen molar-refractivity contribution in [1.29, 1.82) is 0 Å². The fraction of sp³-hybridized carbons (Fsp3) is 0.200. The lowest BCUT2D eigenvalue weighted by molar-refractivity contribution is 0.120. The molecule has 1 aromatic rings. The Morgan fingerprint density at radius 2 is 1.88 bits per heavy atom. The predicted octanol–water partition coefficient (Wildman–Crippen LogP) is 2.55. The average molecular weight is 238 g/mol. The molecule has 0 radical (unpaired) electrons. The fourth-order valence-corrected chi connectivity index (χ4v) is 1.33. The zero-order valence-corrected chi connectivity index (χ0v) is 8.95. The Labute approximate surface area is 96.3 Å². The van der Waals surface area contributed by atoms with E-state index in [1.807, 2.05) is 0 Å². The van der Waals surface area contributed by atoms with Crippen molar-refractivity contribution in [2.24, 2.45) is 5.18 Å². The van der Waals surface area contributed by atoms with Gasteiger partial charge < -0.3 is 10.2 Å². The van der Waals surface area contributed by atoms with E-state index in [1.54, 1.807) is 13.0 Å². The van der Waals surface area contributed by atoms with Gasteiger partial charge >= 0.3 is 12.2 Å². The largest absolute Gasteiger partial charge is 0.465 e. The predicted molar refractivity (Wildman–Crippen MR) is 58.2 cm³/mol.